The third-order valence-corrected chi connectivity index (χ3v) is 7.27. The van der Waals surface area contributed by atoms with Gasteiger partial charge in [-0.1, -0.05) is 35.3 Å². The number of fused-ring (bicyclic) bond motifs is 1. The van der Waals surface area contributed by atoms with Crippen molar-refractivity contribution in [3.63, 3.8) is 0 Å². The standard InChI is InChI=1S/C22H17Cl2FN2O5S/c23-13-3-1-4-16(9-13)33(30,31)27-11-15(12-28)32-20-8-7-14(26-22(20)27)10-19(29)21-17(24)5-2-6-18(21)25/h1-9,15,28H,10-12H2/t15-/m1/s1. The minimum absolute atomic E-state index is 0.0303. The lowest BCUT2D eigenvalue weighted by atomic mass is 10.1. The Hall–Kier alpha value is -2.72. The van der Waals surface area contributed by atoms with Gasteiger partial charge in [0.15, 0.2) is 17.4 Å². The molecule has 0 saturated carbocycles. The molecule has 2 heterocycles. The molecule has 7 nitrogen and oxygen atoms in total. The first-order chi connectivity index (χ1) is 15.7. The monoisotopic (exact) mass is 510 g/mol. The summed E-state index contributed by atoms with van der Waals surface area (Å²) in [4.78, 5) is 16.9. The highest BCUT2D eigenvalue weighted by atomic mass is 35.5. The Balaban J connectivity index is 1.73. The largest absolute Gasteiger partial charge is 0.482 e. The highest BCUT2D eigenvalue weighted by Crippen LogP contribution is 2.36. The van der Waals surface area contributed by atoms with E-state index in [1.165, 1.54) is 42.5 Å². The van der Waals surface area contributed by atoms with Crippen molar-refractivity contribution in [1.82, 2.24) is 4.98 Å². The SMILES string of the molecule is O=C(Cc1ccc2c(n1)N(S(=O)(=O)c1cccc(Cl)c1)C[C@H](CO)O2)c1c(F)cccc1Cl. The third-order valence-electron chi connectivity index (χ3n) is 4.97. The Morgan fingerprint density at radius 3 is 2.64 bits per heavy atom. The molecule has 1 aromatic heterocycles. The number of aliphatic hydroxyl groups is 1. The molecule has 0 bridgehead atoms. The molecule has 1 N–H and O–H groups in total. The summed E-state index contributed by atoms with van der Waals surface area (Å²) in [6.07, 6.45) is -1.14. The highest BCUT2D eigenvalue weighted by Gasteiger charge is 2.36. The summed E-state index contributed by atoms with van der Waals surface area (Å²) >= 11 is 11.9. The van der Waals surface area contributed by atoms with Crippen molar-refractivity contribution >= 4 is 44.8 Å². The van der Waals surface area contributed by atoms with Crippen LogP contribution in [0.15, 0.2) is 59.5 Å². The Bertz CT molecular complexity index is 1320. The summed E-state index contributed by atoms with van der Waals surface area (Å²) in [5.41, 5.74) is -0.0749. The number of carbonyl (C=O) groups is 1. The average molecular weight is 511 g/mol. The molecule has 1 atom stereocenters. The number of aromatic nitrogens is 1. The molecule has 0 radical (unpaired) electrons. The number of ketones is 1. The van der Waals surface area contributed by atoms with Crippen LogP contribution in [-0.2, 0) is 16.4 Å². The zero-order chi connectivity index (χ0) is 23.8. The maximum absolute atomic E-state index is 14.1. The highest BCUT2D eigenvalue weighted by molar-refractivity contribution is 7.92. The molecular formula is C22H17Cl2FN2O5S. The molecule has 11 heteroatoms. The van der Waals surface area contributed by atoms with Gasteiger partial charge in [0.25, 0.3) is 10.0 Å². The number of rotatable bonds is 6. The molecule has 0 unspecified atom stereocenters. The van der Waals surface area contributed by atoms with Crippen LogP contribution in [0.5, 0.6) is 5.75 Å². The topological polar surface area (TPSA) is 96.8 Å². The summed E-state index contributed by atoms with van der Waals surface area (Å²) in [6, 6.07) is 12.6. The van der Waals surface area contributed by atoms with Gasteiger partial charge in [0.1, 0.15) is 11.9 Å². The second kappa shape index (κ2) is 9.26. The van der Waals surface area contributed by atoms with E-state index in [4.69, 9.17) is 27.9 Å². The van der Waals surface area contributed by atoms with Crippen LogP contribution in [0.2, 0.25) is 10.0 Å². The van der Waals surface area contributed by atoms with E-state index in [0.29, 0.717) is 0 Å². The van der Waals surface area contributed by atoms with Crippen LogP contribution in [-0.4, -0.2) is 43.5 Å². The number of carbonyl (C=O) groups excluding carboxylic acids is 1. The van der Waals surface area contributed by atoms with Crippen molar-refractivity contribution < 1.29 is 27.4 Å². The van der Waals surface area contributed by atoms with Gasteiger partial charge in [0, 0.05) is 5.02 Å². The lowest BCUT2D eigenvalue weighted by Gasteiger charge is -2.34. The van der Waals surface area contributed by atoms with Gasteiger partial charge >= 0.3 is 0 Å². The first kappa shape index (κ1) is 23.4. The van der Waals surface area contributed by atoms with Gasteiger partial charge in [-0.05, 0) is 42.5 Å². The number of Topliss-reactive ketones (excluding diaryl/α,β-unsaturated/α-hetero) is 1. The molecule has 0 fully saturated rings. The van der Waals surface area contributed by atoms with Gasteiger partial charge in [0.2, 0.25) is 0 Å². The number of sulfonamides is 1. The molecule has 33 heavy (non-hydrogen) atoms. The van der Waals surface area contributed by atoms with Crippen LogP contribution in [0.25, 0.3) is 0 Å². The van der Waals surface area contributed by atoms with Crippen LogP contribution in [0.4, 0.5) is 10.2 Å². The van der Waals surface area contributed by atoms with Gasteiger partial charge in [0.05, 0.1) is 40.7 Å². The number of nitrogens with zero attached hydrogens (tertiary/aromatic N) is 2. The second-order valence-electron chi connectivity index (χ2n) is 7.24. The van der Waals surface area contributed by atoms with Crippen LogP contribution in [0, 0.1) is 5.82 Å². The first-order valence-corrected chi connectivity index (χ1v) is 11.9. The molecule has 172 valence electrons. The maximum atomic E-state index is 14.1. The fraction of sp³-hybridized carbons (Fsp3) is 0.182. The molecule has 0 spiro atoms. The van der Waals surface area contributed by atoms with Crippen LogP contribution < -0.4 is 9.04 Å². The number of hydrogen-bond donors (Lipinski definition) is 1. The first-order valence-electron chi connectivity index (χ1n) is 9.73. The summed E-state index contributed by atoms with van der Waals surface area (Å²) in [5, 5.41) is 9.79. The van der Waals surface area contributed by atoms with Gasteiger partial charge in [-0.2, -0.15) is 0 Å². The third kappa shape index (κ3) is 4.67. The number of aliphatic hydroxyl groups excluding tert-OH is 1. The van der Waals surface area contributed by atoms with Crippen molar-refractivity contribution in [3.8, 4) is 5.75 Å². The molecule has 0 amide bonds. The van der Waals surface area contributed by atoms with E-state index in [0.717, 1.165) is 10.4 Å². The van der Waals surface area contributed by atoms with Crippen molar-refractivity contribution in [2.45, 2.75) is 17.4 Å². The normalized spacial score (nSPS) is 15.6. The Labute approximate surface area is 199 Å². The summed E-state index contributed by atoms with van der Waals surface area (Å²) in [5.74, 6) is -1.31. The molecule has 1 aliphatic rings. The van der Waals surface area contributed by atoms with E-state index in [1.807, 2.05) is 0 Å². The Morgan fingerprint density at radius 1 is 1.18 bits per heavy atom. The van der Waals surface area contributed by atoms with E-state index in [-0.39, 0.29) is 50.7 Å². The van der Waals surface area contributed by atoms with E-state index >= 15 is 0 Å². The molecule has 0 aliphatic carbocycles. The lowest BCUT2D eigenvalue weighted by molar-refractivity contribution is 0.0987. The van der Waals surface area contributed by atoms with Gasteiger partial charge < -0.3 is 9.84 Å². The van der Waals surface area contributed by atoms with Crippen molar-refractivity contribution in [1.29, 1.82) is 0 Å². The number of hydrogen-bond acceptors (Lipinski definition) is 6. The molecular weight excluding hydrogens is 494 g/mol. The second-order valence-corrected chi connectivity index (χ2v) is 9.94. The van der Waals surface area contributed by atoms with E-state index in [2.05, 4.69) is 4.98 Å². The van der Waals surface area contributed by atoms with Gasteiger partial charge in [-0.15, -0.1) is 0 Å². The van der Waals surface area contributed by atoms with E-state index in [1.54, 1.807) is 6.07 Å². The van der Waals surface area contributed by atoms with Gasteiger partial charge in [-0.3, -0.25) is 4.79 Å². The van der Waals surface area contributed by atoms with Crippen molar-refractivity contribution in [3.05, 3.63) is 81.7 Å². The number of anilines is 1. The number of benzene rings is 2. The molecule has 1 aliphatic heterocycles. The fourth-order valence-electron chi connectivity index (χ4n) is 3.41. The van der Waals surface area contributed by atoms with Crippen LogP contribution in [0.1, 0.15) is 16.1 Å². The molecule has 3 aromatic rings. The average Bonchev–Trinajstić information content (AvgIpc) is 2.78. The predicted octanol–water partition coefficient (Wildman–Crippen LogP) is 3.90. The number of halogens is 3. The van der Waals surface area contributed by atoms with Crippen molar-refractivity contribution in [2.75, 3.05) is 17.5 Å². The van der Waals surface area contributed by atoms with Crippen molar-refractivity contribution in [2.24, 2.45) is 0 Å². The van der Waals surface area contributed by atoms with Crippen LogP contribution in [0.3, 0.4) is 0 Å². The Morgan fingerprint density at radius 2 is 1.94 bits per heavy atom. The summed E-state index contributed by atoms with van der Waals surface area (Å²) in [6.45, 7) is -0.630. The zero-order valence-corrected chi connectivity index (χ0v) is 19.2. The lowest BCUT2D eigenvalue weighted by Crippen LogP contribution is -2.45. The number of ether oxygens (including phenoxy) is 1. The smallest absolute Gasteiger partial charge is 0.265 e. The molecule has 2 aromatic carbocycles. The molecule has 4 rings (SSSR count). The van der Waals surface area contributed by atoms with Gasteiger partial charge in [-0.25, -0.2) is 22.1 Å². The van der Waals surface area contributed by atoms with Crippen LogP contribution >= 0.6 is 23.2 Å². The van der Waals surface area contributed by atoms with E-state index < -0.39 is 34.3 Å². The van der Waals surface area contributed by atoms with E-state index in [9.17, 15) is 22.7 Å². The summed E-state index contributed by atoms with van der Waals surface area (Å²) < 4.78 is 47.5. The quantitative estimate of drug-likeness (QED) is 0.505. The minimum atomic E-state index is -4.12. The fourth-order valence-corrected chi connectivity index (χ4v) is 5.44. The zero-order valence-electron chi connectivity index (χ0n) is 16.9. The predicted molar refractivity (Wildman–Crippen MR) is 121 cm³/mol. The Kier molecular flexibility index (Phi) is 6.58. The number of pyridine rings is 1. The molecule has 0 saturated heterocycles. The summed E-state index contributed by atoms with van der Waals surface area (Å²) in [7, 11) is -4.12. The maximum Gasteiger partial charge on any atom is 0.265 e. The minimum Gasteiger partial charge on any atom is -0.482 e.